The number of fused-ring (bicyclic) bond motifs is 1. The van der Waals surface area contributed by atoms with E-state index < -0.39 is 0 Å². The van der Waals surface area contributed by atoms with Gasteiger partial charge in [0.25, 0.3) is 5.91 Å². The number of carbonyl (C=O) groups is 1. The fourth-order valence-corrected chi connectivity index (χ4v) is 3.37. The Balaban J connectivity index is 1.33. The van der Waals surface area contributed by atoms with Crippen molar-refractivity contribution in [2.24, 2.45) is 0 Å². The van der Waals surface area contributed by atoms with Crippen LogP contribution in [0.25, 0.3) is 10.9 Å². The van der Waals surface area contributed by atoms with Crippen LogP contribution in [0.15, 0.2) is 28.8 Å². The first-order chi connectivity index (χ1) is 13.2. The van der Waals surface area contributed by atoms with E-state index in [0.29, 0.717) is 31.2 Å². The van der Waals surface area contributed by atoms with E-state index in [-0.39, 0.29) is 5.91 Å². The predicted octanol–water partition coefficient (Wildman–Crippen LogP) is 2.25. The van der Waals surface area contributed by atoms with E-state index in [9.17, 15) is 4.79 Å². The van der Waals surface area contributed by atoms with E-state index >= 15 is 0 Å². The number of carbonyl (C=O) groups excluding carboxylic acids is 1. The molecule has 0 atom stereocenters. The molecule has 0 saturated carbocycles. The van der Waals surface area contributed by atoms with Crippen molar-refractivity contribution >= 4 is 16.8 Å². The lowest BCUT2D eigenvalue weighted by molar-refractivity contribution is 0.0611. The van der Waals surface area contributed by atoms with Crippen LogP contribution in [-0.2, 0) is 13.0 Å². The van der Waals surface area contributed by atoms with Crippen LogP contribution in [-0.4, -0.2) is 62.2 Å². The summed E-state index contributed by atoms with van der Waals surface area (Å²) >= 11 is 0. The van der Waals surface area contributed by atoms with Crippen molar-refractivity contribution in [1.82, 2.24) is 30.1 Å². The average molecular weight is 368 g/mol. The van der Waals surface area contributed by atoms with Gasteiger partial charge in [-0.05, 0) is 12.5 Å². The maximum Gasteiger partial charge on any atom is 0.275 e. The lowest BCUT2D eigenvalue weighted by Crippen LogP contribution is -2.48. The monoisotopic (exact) mass is 368 g/mol. The van der Waals surface area contributed by atoms with E-state index in [0.717, 1.165) is 49.1 Å². The largest absolute Gasteiger partial charge is 0.338 e. The van der Waals surface area contributed by atoms with Gasteiger partial charge < -0.3 is 9.42 Å². The number of benzene rings is 1. The van der Waals surface area contributed by atoms with E-state index in [1.54, 1.807) is 0 Å². The predicted molar refractivity (Wildman–Crippen MR) is 100 cm³/mol. The van der Waals surface area contributed by atoms with Crippen LogP contribution in [0.2, 0.25) is 0 Å². The highest BCUT2D eigenvalue weighted by Crippen LogP contribution is 2.18. The molecule has 1 fully saturated rings. The Labute approximate surface area is 157 Å². The first kappa shape index (κ1) is 17.7. The molecular formula is C19H24N6O2. The molecule has 8 nitrogen and oxygen atoms in total. The van der Waals surface area contributed by atoms with Gasteiger partial charge in [-0.2, -0.15) is 10.1 Å². The summed E-state index contributed by atoms with van der Waals surface area (Å²) in [7, 11) is 0. The van der Waals surface area contributed by atoms with Gasteiger partial charge in [-0.15, -0.1) is 0 Å². The fourth-order valence-electron chi connectivity index (χ4n) is 3.37. The summed E-state index contributed by atoms with van der Waals surface area (Å²) in [4.78, 5) is 21.4. The zero-order chi connectivity index (χ0) is 18.6. The summed E-state index contributed by atoms with van der Waals surface area (Å²) in [5.41, 5.74) is 1.38. The van der Waals surface area contributed by atoms with Crippen LogP contribution in [0, 0.1) is 0 Å². The van der Waals surface area contributed by atoms with Crippen molar-refractivity contribution in [3.8, 4) is 0 Å². The Hall–Kier alpha value is -2.74. The molecule has 2 aromatic heterocycles. The summed E-state index contributed by atoms with van der Waals surface area (Å²) in [5.74, 6) is 1.41. The molecule has 0 bridgehead atoms. The van der Waals surface area contributed by atoms with Gasteiger partial charge in [0.05, 0.1) is 12.1 Å². The lowest BCUT2D eigenvalue weighted by atomic mass is 10.2. The zero-order valence-electron chi connectivity index (χ0n) is 15.5. The molecule has 1 saturated heterocycles. The minimum Gasteiger partial charge on any atom is -0.338 e. The summed E-state index contributed by atoms with van der Waals surface area (Å²) in [5, 5.41) is 12.1. The molecule has 1 aliphatic rings. The van der Waals surface area contributed by atoms with E-state index in [1.807, 2.05) is 29.2 Å². The third-order valence-corrected chi connectivity index (χ3v) is 4.96. The van der Waals surface area contributed by atoms with Crippen molar-refractivity contribution in [2.75, 3.05) is 26.2 Å². The standard InChI is InChI=1S/C19H24N6O2/c1-2-3-8-16-20-17(27-23-16)13-24-9-11-25(12-10-24)19(26)18-14-6-4-5-7-15(14)21-22-18/h4-7H,2-3,8-13H2,1H3,(H,21,22). The number of nitrogens with one attached hydrogen (secondary N) is 1. The van der Waals surface area contributed by atoms with Crippen molar-refractivity contribution in [3.05, 3.63) is 41.7 Å². The van der Waals surface area contributed by atoms with Gasteiger partial charge in [-0.25, -0.2) is 0 Å². The van der Waals surface area contributed by atoms with Crippen molar-refractivity contribution < 1.29 is 9.32 Å². The SMILES string of the molecule is CCCCc1noc(CN2CCN(C(=O)c3n[nH]c4ccccc34)CC2)n1. The molecule has 27 heavy (non-hydrogen) atoms. The maximum atomic E-state index is 12.8. The van der Waals surface area contributed by atoms with Gasteiger partial charge in [0, 0.05) is 38.0 Å². The van der Waals surface area contributed by atoms with Gasteiger partial charge >= 0.3 is 0 Å². The first-order valence-corrected chi connectivity index (χ1v) is 9.51. The number of aryl methyl sites for hydroxylation is 1. The Morgan fingerprint density at radius 2 is 2.04 bits per heavy atom. The molecule has 0 radical (unpaired) electrons. The van der Waals surface area contributed by atoms with Gasteiger partial charge in [-0.1, -0.05) is 36.7 Å². The van der Waals surface area contributed by atoms with Gasteiger partial charge in [0.2, 0.25) is 5.89 Å². The smallest absolute Gasteiger partial charge is 0.275 e. The van der Waals surface area contributed by atoms with Crippen LogP contribution >= 0.6 is 0 Å². The molecule has 1 aliphatic heterocycles. The zero-order valence-corrected chi connectivity index (χ0v) is 15.5. The molecule has 1 N–H and O–H groups in total. The number of para-hydroxylation sites is 1. The number of aromatic amines is 1. The van der Waals surface area contributed by atoms with Gasteiger partial charge in [0.1, 0.15) is 0 Å². The molecule has 8 heteroatoms. The number of piperazine rings is 1. The van der Waals surface area contributed by atoms with Crippen LogP contribution in [0.5, 0.6) is 0 Å². The number of H-pyrrole nitrogens is 1. The van der Waals surface area contributed by atoms with E-state index in [1.165, 1.54) is 0 Å². The average Bonchev–Trinajstić information content (AvgIpc) is 3.33. The highest BCUT2D eigenvalue weighted by Gasteiger charge is 2.25. The molecular weight excluding hydrogens is 344 g/mol. The number of aromatic nitrogens is 4. The van der Waals surface area contributed by atoms with Crippen molar-refractivity contribution in [1.29, 1.82) is 0 Å². The topological polar surface area (TPSA) is 91.2 Å². The highest BCUT2D eigenvalue weighted by atomic mass is 16.5. The van der Waals surface area contributed by atoms with Crippen LogP contribution in [0.4, 0.5) is 0 Å². The second-order valence-electron chi connectivity index (χ2n) is 6.89. The maximum absolute atomic E-state index is 12.8. The van der Waals surface area contributed by atoms with Crippen LogP contribution in [0.3, 0.4) is 0 Å². The normalized spacial score (nSPS) is 15.5. The van der Waals surface area contributed by atoms with Gasteiger partial charge in [0.15, 0.2) is 11.5 Å². The first-order valence-electron chi connectivity index (χ1n) is 9.51. The summed E-state index contributed by atoms with van der Waals surface area (Å²) in [6.45, 7) is 5.66. The third-order valence-electron chi connectivity index (χ3n) is 4.96. The summed E-state index contributed by atoms with van der Waals surface area (Å²) < 4.78 is 5.35. The molecule has 0 aliphatic carbocycles. The minimum absolute atomic E-state index is 0.0215. The number of unbranched alkanes of at least 4 members (excludes halogenated alkanes) is 1. The molecule has 142 valence electrons. The van der Waals surface area contributed by atoms with E-state index in [2.05, 4.69) is 32.2 Å². The quantitative estimate of drug-likeness (QED) is 0.717. The molecule has 4 rings (SSSR count). The van der Waals surface area contributed by atoms with Crippen LogP contribution in [0.1, 0.15) is 42.0 Å². The molecule has 1 aromatic carbocycles. The third kappa shape index (κ3) is 3.85. The second-order valence-corrected chi connectivity index (χ2v) is 6.89. The summed E-state index contributed by atoms with van der Waals surface area (Å²) in [6.07, 6.45) is 3.05. The number of hydrogen-bond donors (Lipinski definition) is 1. The number of amides is 1. The van der Waals surface area contributed by atoms with Crippen LogP contribution < -0.4 is 0 Å². The van der Waals surface area contributed by atoms with Gasteiger partial charge in [-0.3, -0.25) is 14.8 Å². The van der Waals surface area contributed by atoms with E-state index in [4.69, 9.17) is 4.52 Å². The second kappa shape index (κ2) is 7.87. The highest BCUT2D eigenvalue weighted by molar-refractivity contribution is 6.04. The number of rotatable bonds is 6. The molecule has 3 heterocycles. The Kier molecular flexibility index (Phi) is 5.15. The molecule has 0 spiro atoms. The van der Waals surface area contributed by atoms with Crippen molar-refractivity contribution in [2.45, 2.75) is 32.7 Å². The van der Waals surface area contributed by atoms with Crippen molar-refractivity contribution in [3.63, 3.8) is 0 Å². The number of hydrogen-bond acceptors (Lipinski definition) is 6. The number of nitrogens with zero attached hydrogens (tertiary/aromatic N) is 5. The lowest BCUT2D eigenvalue weighted by Gasteiger charge is -2.33. The minimum atomic E-state index is -0.0215. The fraction of sp³-hybridized carbons (Fsp3) is 0.474. The Morgan fingerprint density at radius 3 is 2.85 bits per heavy atom. The molecule has 1 amide bonds. The molecule has 0 unspecified atom stereocenters. The summed E-state index contributed by atoms with van der Waals surface area (Å²) in [6, 6.07) is 7.70. The molecule has 3 aromatic rings. The Bertz CT molecular complexity index is 910. The Morgan fingerprint density at radius 1 is 1.22 bits per heavy atom.